The molecule has 0 N–H and O–H groups in total. The average Bonchev–Trinajstić information content (AvgIpc) is 2.15. The molecule has 3 heteroatoms. The summed E-state index contributed by atoms with van der Waals surface area (Å²) in [4.78, 5) is 10.5. The molecule has 0 saturated heterocycles. The van der Waals surface area contributed by atoms with E-state index in [1.165, 1.54) is 0 Å². The van der Waals surface area contributed by atoms with Crippen LogP contribution >= 0.6 is 0 Å². The third-order valence-corrected chi connectivity index (χ3v) is 2.75. The molecule has 104 valence electrons. The van der Waals surface area contributed by atoms with Crippen LogP contribution in [0, 0.1) is 11.8 Å². The first-order chi connectivity index (χ1) is 7.74. The Balaban J connectivity index is 3.70. The molecule has 17 heavy (non-hydrogen) atoms. The van der Waals surface area contributed by atoms with E-state index in [0.29, 0.717) is 18.4 Å². The zero-order valence-corrected chi connectivity index (χ0v) is 12.6. The van der Waals surface area contributed by atoms with E-state index in [0.717, 1.165) is 13.0 Å². The van der Waals surface area contributed by atoms with Gasteiger partial charge in [0.25, 0.3) is 0 Å². The molecule has 0 aromatic heterocycles. The van der Waals surface area contributed by atoms with Gasteiger partial charge in [0.15, 0.2) is 0 Å². The van der Waals surface area contributed by atoms with E-state index in [9.17, 15) is 0 Å². The standard InChI is InChI=1S/C14H30O3/c1-11(2)8-9-15-14(6,7)10-16-17-13(5)12(3)4/h11-13H,8-10H2,1-7H3. The zero-order valence-electron chi connectivity index (χ0n) is 12.6. The normalized spacial score (nSPS) is 14.6. The Morgan fingerprint density at radius 1 is 1.00 bits per heavy atom. The summed E-state index contributed by atoms with van der Waals surface area (Å²) < 4.78 is 5.78. The second kappa shape index (κ2) is 8.06. The van der Waals surface area contributed by atoms with Gasteiger partial charge in [0.1, 0.15) is 6.61 Å². The number of ether oxygens (including phenoxy) is 1. The van der Waals surface area contributed by atoms with Crippen molar-refractivity contribution in [2.24, 2.45) is 11.8 Å². The first-order valence-corrected chi connectivity index (χ1v) is 6.67. The van der Waals surface area contributed by atoms with Gasteiger partial charge in [0.2, 0.25) is 0 Å². The van der Waals surface area contributed by atoms with E-state index in [4.69, 9.17) is 14.5 Å². The summed E-state index contributed by atoms with van der Waals surface area (Å²) in [5.74, 6) is 1.13. The van der Waals surface area contributed by atoms with Gasteiger partial charge in [0.05, 0.1) is 11.7 Å². The lowest BCUT2D eigenvalue weighted by molar-refractivity contribution is -0.345. The fourth-order valence-corrected chi connectivity index (χ4v) is 1.01. The van der Waals surface area contributed by atoms with Gasteiger partial charge in [-0.1, -0.05) is 27.7 Å². The fourth-order valence-electron chi connectivity index (χ4n) is 1.01. The van der Waals surface area contributed by atoms with Crippen LogP contribution in [0.25, 0.3) is 0 Å². The summed E-state index contributed by atoms with van der Waals surface area (Å²) in [6.45, 7) is 15.9. The predicted molar refractivity (Wildman–Crippen MR) is 70.8 cm³/mol. The maximum absolute atomic E-state index is 5.78. The summed E-state index contributed by atoms with van der Waals surface area (Å²) >= 11 is 0. The summed E-state index contributed by atoms with van der Waals surface area (Å²) in [6, 6.07) is 0. The van der Waals surface area contributed by atoms with E-state index >= 15 is 0 Å². The van der Waals surface area contributed by atoms with Gasteiger partial charge in [-0.25, -0.2) is 9.78 Å². The van der Waals surface area contributed by atoms with Crippen molar-refractivity contribution in [3.05, 3.63) is 0 Å². The minimum Gasteiger partial charge on any atom is -0.373 e. The van der Waals surface area contributed by atoms with E-state index in [1.807, 2.05) is 20.8 Å². The van der Waals surface area contributed by atoms with Crippen LogP contribution in [-0.2, 0) is 14.5 Å². The molecule has 0 saturated carbocycles. The Labute approximate surface area is 107 Å². The molecule has 1 atom stereocenters. The van der Waals surface area contributed by atoms with Crippen molar-refractivity contribution in [1.82, 2.24) is 0 Å². The van der Waals surface area contributed by atoms with Crippen LogP contribution < -0.4 is 0 Å². The highest BCUT2D eigenvalue weighted by Crippen LogP contribution is 2.14. The highest BCUT2D eigenvalue weighted by Gasteiger charge is 2.20. The van der Waals surface area contributed by atoms with Gasteiger partial charge >= 0.3 is 0 Å². The van der Waals surface area contributed by atoms with Gasteiger partial charge in [-0.05, 0) is 39.0 Å². The Hall–Kier alpha value is -0.120. The second-order valence-corrected chi connectivity index (χ2v) is 6.10. The second-order valence-electron chi connectivity index (χ2n) is 6.10. The molecular weight excluding hydrogens is 216 g/mol. The molecule has 0 aliphatic carbocycles. The van der Waals surface area contributed by atoms with Crippen molar-refractivity contribution in [2.45, 2.75) is 66.6 Å². The molecule has 1 unspecified atom stereocenters. The van der Waals surface area contributed by atoms with Crippen LogP contribution in [0.15, 0.2) is 0 Å². The highest BCUT2D eigenvalue weighted by atomic mass is 17.2. The van der Waals surface area contributed by atoms with Gasteiger partial charge in [0, 0.05) is 6.61 Å². The SMILES string of the molecule is CC(C)CCOC(C)(C)COOC(C)C(C)C. The number of hydrogen-bond acceptors (Lipinski definition) is 3. The molecule has 0 rings (SSSR count). The maximum atomic E-state index is 5.78. The van der Waals surface area contributed by atoms with Crippen molar-refractivity contribution in [3.8, 4) is 0 Å². The zero-order chi connectivity index (χ0) is 13.5. The topological polar surface area (TPSA) is 27.7 Å². The van der Waals surface area contributed by atoms with Crippen molar-refractivity contribution in [2.75, 3.05) is 13.2 Å². The van der Waals surface area contributed by atoms with Crippen LogP contribution in [0.1, 0.15) is 54.9 Å². The predicted octanol–water partition coefficient (Wildman–Crippen LogP) is 3.82. The molecule has 0 aliphatic rings. The molecule has 0 radical (unpaired) electrons. The molecule has 0 spiro atoms. The minimum atomic E-state index is -0.286. The Kier molecular flexibility index (Phi) is 8.01. The Bertz CT molecular complexity index is 188. The lowest BCUT2D eigenvalue weighted by Crippen LogP contribution is -2.32. The van der Waals surface area contributed by atoms with Crippen LogP contribution in [-0.4, -0.2) is 24.9 Å². The van der Waals surface area contributed by atoms with E-state index in [-0.39, 0.29) is 11.7 Å². The summed E-state index contributed by atoms with van der Waals surface area (Å²) in [5, 5.41) is 0. The fraction of sp³-hybridized carbons (Fsp3) is 1.00. The van der Waals surface area contributed by atoms with Gasteiger partial charge in [-0.2, -0.15) is 0 Å². The lowest BCUT2D eigenvalue weighted by atomic mass is 10.1. The third-order valence-electron chi connectivity index (χ3n) is 2.75. The molecule has 3 nitrogen and oxygen atoms in total. The molecular formula is C14H30O3. The van der Waals surface area contributed by atoms with E-state index in [2.05, 4.69) is 27.7 Å². The Morgan fingerprint density at radius 2 is 1.59 bits per heavy atom. The van der Waals surface area contributed by atoms with Crippen molar-refractivity contribution >= 4 is 0 Å². The average molecular weight is 246 g/mol. The van der Waals surface area contributed by atoms with E-state index < -0.39 is 0 Å². The first-order valence-electron chi connectivity index (χ1n) is 6.67. The summed E-state index contributed by atoms with van der Waals surface area (Å²) in [5.41, 5.74) is -0.286. The van der Waals surface area contributed by atoms with Crippen LogP contribution in [0.2, 0.25) is 0 Å². The molecule has 0 fully saturated rings. The van der Waals surface area contributed by atoms with Gasteiger partial charge in [-0.15, -0.1) is 0 Å². The summed E-state index contributed by atoms with van der Waals surface area (Å²) in [7, 11) is 0. The highest BCUT2D eigenvalue weighted by molar-refractivity contribution is 4.66. The number of hydrogen-bond donors (Lipinski definition) is 0. The quantitative estimate of drug-likeness (QED) is 0.457. The molecule has 0 amide bonds. The van der Waals surface area contributed by atoms with Crippen LogP contribution in [0.5, 0.6) is 0 Å². The number of rotatable bonds is 9. The van der Waals surface area contributed by atoms with Crippen molar-refractivity contribution in [3.63, 3.8) is 0 Å². The largest absolute Gasteiger partial charge is 0.373 e. The third kappa shape index (κ3) is 9.57. The van der Waals surface area contributed by atoms with Crippen LogP contribution in [0.3, 0.4) is 0 Å². The summed E-state index contributed by atoms with van der Waals surface area (Å²) in [6.07, 6.45) is 1.19. The monoisotopic (exact) mass is 246 g/mol. The molecule has 0 aliphatic heterocycles. The van der Waals surface area contributed by atoms with Crippen molar-refractivity contribution < 1.29 is 14.5 Å². The van der Waals surface area contributed by atoms with Crippen molar-refractivity contribution in [1.29, 1.82) is 0 Å². The molecule has 0 bridgehead atoms. The smallest absolute Gasteiger partial charge is 0.111 e. The molecule has 0 aromatic carbocycles. The Morgan fingerprint density at radius 3 is 2.06 bits per heavy atom. The minimum absolute atomic E-state index is 0.112. The van der Waals surface area contributed by atoms with E-state index in [1.54, 1.807) is 0 Å². The van der Waals surface area contributed by atoms with Gasteiger partial charge in [-0.3, -0.25) is 0 Å². The lowest BCUT2D eigenvalue weighted by Gasteiger charge is -2.26. The molecule has 0 aromatic rings. The van der Waals surface area contributed by atoms with Crippen LogP contribution in [0.4, 0.5) is 0 Å². The van der Waals surface area contributed by atoms with Gasteiger partial charge < -0.3 is 4.74 Å². The first kappa shape index (κ1) is 16.9. The maximum Gasteiger partial charge on any atom is 0.111 e. The molecule has 0 heterocycles.